The fourth-order valence-corrected chi connectivity index (χ4v) is 2.54. The Bertz CT molecular complexity index is 575. The molecule has 2 heteroatoms. The van der Waals surface area contributed by atoms with E-state index >= 15 is 0 Å². The van der Waals surface area contributed by atoms with Crippen molar-refractivity contribution in [1.29, 1.82) is 0 Å². The second-order valence-corrected chi connectivity index (χ2v) is 5.38. The number of carbonyl (C=O) groups excluding carboxylic acids is 1. The molecule has 0 aliphatic rings. The Morgan fingerprint density at radius 3 is 2.52 bits per heavy atom. The van der Waals surface area contributed by atoms with Crippen LogP contribution in [0.3, 0.4) is 0 Å². The molecule has 0 aliphatic heterocycles. The van der Waals surface area contributed by atoms with Crippen LogP contribution in [0.2, 0.25) is 0 Å². The highest BCUT2D eigenvalue weighted by atomic mass is 16.5. The van der Waals surface area contributed by atoms with E-state index in [9.17, 15) is 4.79 Å². The van der Waals surface area contributed by atoms with Crippen LogP contribution in [-0.4, -0.2) is 12.9 Å². The Hall–Kier alpha value is -1.83. The van der Waals surface area contributed by atoms with Gasteiger partial charge in [0.05, 0.1) is 12.2 Å². The Kier molecular flexibility index (Phi) is 6.26. The molecule has 0 heterocycles. The molecule has 0 atom stereocenters. The molecular formula is C19H23O2. The molecule has 2 nitrogen and oxygen atoms in total. The van der Waals surface area contributed by atoms with E-state index < -0.39 is 0 Å². The van der Waals surface area contributed by atoms with E-state index in [0.717, 1.165) is 17.2 Å². The molecule has 0 unspecified atom stereocenters. The first kappa shape index (κ1) is 15.6. The van der Waals surface area contributed by atoms with Crippen LogP contribution in [0.25, 0.3) is 10.8 Å². The average molecular weight is 283 g/mol. The predicted octanol–water partition coefficient (Wildman–Crippen LogP) is 5.04. The zero-order valence-corrected chi connectivity index (χ0v) is 12.7. The summed E-state index contributed by atoms with van der Waals surface area (Å²) in [5.41, 5.74) is 0.541. The van der Waals surface area contributed by atoms with Crippen LogP contribution in [0.15, 0.2) is 36.4 Å². The Balaban J connectivity index is 1.91. The third kappa shape index (κ3) is 4.32. The molecular weight excluding hydrogens is 260 g/mol. The second kappa shape index (κ2) is 8.46. The molecule has 0 aromatic heterocycles. The molecule has 2 aromatic rings. The van der Waals surface area contributed by atoms with Crippen molar-refractivity contribution in [3.8, 4) is 5.75 Å². The first-order chi connectivity index (χ1) is 10.4. The highest BCUT2D eigenvalue weighted by molar-refractivity contribution is 6.00. The first-order valence-electron chi connectivity index (χ1n) is 7.89. The minimum absolute atomic E-state index is 0.541. The normalized spacial score (nSPS) is 10.7. The fourth-order valence-electron chi connectivity index (χ4n) is 2.54. The van der Waals surface area contributed by atoms with Crippen molar-refractivity contribution in [3.05, 3.63) is 42.0 Å². The zero-order valence-electron chi connectivity index (χ0n) is 12.7. The largest absolute Gasteiger partial charge is 0.493 e. The van der Waals surface area contributed by atoms with Crippen molar-refractivity contribution in [2.45, 2.75) is 45.4 Å². The fraction of sp³-hybridized carbons (Fsp3) is 0.421. The summed E-state index contributed by atoms with van der Waals surface area (Å²) in [6.07, 6.45) is 9.41. The third-order valence-corrected chi connectivity index (χ3v) is 3.75. The lowest BCUT2D eigenvalue weighted by Gasteiger charge is -2.10. The maximum Gasteiger partial charge on any atom is 0.238 e. The van der Waals surface area contributed by atoms with Gasteiger partial charge in [0.1, 0.15) is 5.75 Å². The SMILES string of the molecule is CCCCCCCCOc1ccc2ccccc2c1[C]=O. The number of ether oxygens (including phenoxy) is 1. The van der Waals surface area contributed by atoms with Crippen LogP contribution in [-0.2, 0) is 4.79 Å². The van der Waals surface area contributed by atoms with Crippen molar-refractivity contribution >= 4 is 17.1 Å². The smallest absolute Gasteiger partial charge is 0.238 e. The van der Waals surface area contributed by atoms with Crippen molar-refractivity contribution < 1.29 is 9.53 Å². The molecule has 111 valence electrons. The Labute approximate surface area is 127 Å². The number of fused-ring (bicyclic) bond motifs is 1. The molecule has 0 amide bonds. The Morgan fingerprint density at radius 2 is 1.71 bits per heavy atom. The van der Waals surface area contributed by atoms with Gasteiger partial charge in [0.15, 0.2) is 0 Å². The molecule has 21 heavy (non-hydrogen) atoms. The number of hydrogen-bond donors (Lipinski definition) is 0. The number of rotatable bonds is 9. The van der Waals surface area contributed by atoms with Gasteiger partial charge >= 0.3 is 0 Å². The zero-order chi connectivity index (χ0) is 14.9. The topological polar surface area (TPSA) is 26.3 Å². The first-order valence-corrected chi connectivity index (χ1v) is 7.89. The molecule has 0 aliphatic carbocycles. The van der Waals surface area contributed by atoms with Gasteiger partial charge in [0, 0.05) is 0 Å². The summed E-state index contributed by atoms with van der Waals surface area (Å²) >= 11 is 0. The van der Waals surface area contributed by atoms with Gasteiger partial charge in [0.25, 0.3) is 0 Å². The number of benzene rings is 2. The van der Waals surface area contributed by atoms with E-state index in [-0.39, 0.29) is 0 Å². The molecule has 0 N–H and O–H groups in total. The highest BCUT2D eigenvalue weighted by Gasteiger charge is 2.08. The van der Waals surface area contributed by atoms with Gasteiger partial charge in [-0.05, 0) is 23.3 Å². The lowest BCUT2D eigenvalue weighted by Crippen LogP contribution is -2.00. The molecule has 1 radical (unpaired) electrons. The van der Waals surface area contributed by atoms with Crippen LogP contribution in [0.5, 0.6) is 5.75 Å². The van der Waals surface area contributed by atoms with E-state index in [4.69, 9.17) is 4.74 Å². The van der Waals surface area contributed by atoms with Crippen LogP contribution in [0.1, 0.15) is 51.0 Å². The average Bonchev–Trinajstić information content (AvgIpc) is 2.53. The standard InChI is InChI=1S/C19H23O2/c1-2-3-4-5-6-9-14-21-19-13-12-16-10-7-8-11-17(16)18(19)15-20/h7-8,10-13H,2-6,9,14H2,1H3. The minimum atomic E-state index is 0.541. The summed E-state index contributed by atoms with van der Waals surface area (Å²) in [6.45, 7) is 2.89. The quantitative estimate of drug-likeness (QED) is 0.603. The van der Waals surface area contributed by atoms with Crippen molar-refractivity contribution in [3.63, 3.8) is 0 Å². The molecule has 0 spiro atoms. The molecule has 0 saturated carbocycles. The molecule has 0 saturated heterocycles. The van der Waals surface area contributed by atoms with Crippen molar-refractivity contribution in [2.75, 3.05) is 6.61 Å². The lowest BCUT2D eigenvalue weighted by atomic mass is 10.0. The van der Waals surface area contributed by atoms with Crippen molar-refractivity contribution in [1.82, 2.24) is 0 Å². The molecule has 0 bridgehead atoms. The van der Waals surface area contributed by atoms with Crippen molar-refractivity contribution in [2.24, 2.45) is 0 Å². The van der Waals surface area contributed by atoms with Gasteiger partial charge < -0.3 is 4.74 Å². The maximum atomic E-state index is 11.2. The summed E-state index contributed by atoms with van der Waals surface area (Å²) in [5, 5.41) is 1.95. The molecule has 2 aromatic carbocycles. The highest BCUT2D eigenvalue weighted by Crippen LogP contribution is 2.26. The van der Waals surface area contributed by atoms with Crippen LogP contribution in [0.4, 0.5) is 0 Å². The summed E-state index contributed by atoms with van der Waals surface area (Å²) in [7, 11) is 0. The van der Waals surface area contributed by atoms with E-state index in [1.165, 1.54) is 32.1 Å². The van der Waals surface area contributed by atoms with Gasteiger partial charge in [-0.15, -0.1) is 0 Å². The second-order valence-electron chi connectivity index (χ2n) is 5.38. The van der Waals surface area contributed by atoms with Gasteiger partial charge in [0.2, 0.25) is 6.29 Å². The van der Waals surface area contributed by atoms with E-state index in [1.807, 2.05) is 42.7 Å². The van der Waals surface area contributed by atoms with E-state index in [0.29, 0.717) is 17.9 Å². The van der Waals surface area contributed by atoms with Crippen LogP contribution < -0.4 is 4.74 Å². The summed E-state index contributed by atoms with van der Waals surface area (Å²) in [4.78, 5) is 11.2. The summed E-state index contributed by atoms with van der Waals surface area (Å²) in [6, 6.07) is 11.7. The maximum absolute atomic E-state index is 11.2. The monoisotopic (exact) mass is 283 g/mol. The third-order valence-electron chi connectivity index (χ3n) is 3.75. The summed E-state index contributed by atoms with van der Waals surface area (Å²) in [5.74, 6) is 0.650. The van der Waals surface area contributed by atoms with Crippen LogP contribution in [0, 0.1) is 0 Å². The Morgan fingerprint density at radius 1 is 0.952 bits per heavy atom. The number of hydrogen-bond acceptors (Lipinski definition) is 2. The van der Waals surface area contributed by atoms with E-state index in [2.05, 4.69) is 6.92 Å². The molecule has 0 fully saturated rings. The number of unbranched alkanes of at least 4 members (excludes halogenated alkanes) is 5. The van der Waals surface area contributed by atoms with Gasteiger partial charge in [-0.2, -0.15) is 0 Å². The van der Waals surface area contributed by atoms with Crippen LogP contribution >= 0.6 is 0 Å². The minimum Gasteiger partial charge on any atom is -0.493 e. The van der Waals surface area contributed by atoms with E-state index in [1.54, 1.807) is 0 Å². The predicted molar refractivity (Wildman–Crippen MR) is 87.6 cm³/mol. The molecule has 2 rings (SSSR count). The lowest BCUT2D eigenvalue weighted by molar-refractivity contribution is 0.304. The van der Waals surface area contributed by atoms with Gasteiger partial charge in [-0.1, -0.05) is 69.4 Å². The van der Waals surface area contributed by atoms with Gasteiger partial charge in [-0.25, -0.2) is 0 Å². The van der Waals surface area contributed by atoms with Gasteiger partial charge in [-0.3, -0.25) is 4.79 Å². The summed E-state index contributed by atoms with van der Waals surface area (Å²) < 4.78 is 5.78.